The first-order valence-corrected chi connectivity index (χ1v) is 6.80. The first-order valence-electron chi connectivity index (χ1n) is 6.80. The third-order valence-corrected chi connectivity index (χ3v) is 2.97. The fourth-order valence-corrected chi connectivity index (χ4v) is 1.29. The minimum atomic E-state index is -1.62. The number of nitrogens with two attached hydrogens (primary N) is 2. The Labute approximate surface area is 149 Å². The van der Waals surface area contributed by atoms with Crippen molar-refractivity contribution in [2.45, 2.75) is 48.7 Å². The molecule has 25 heavy (non-hydrogen) atoms. The molecule has 152 valence electrons. The molecule has 12 N–H and O–H groups in total. The van der Waals surface area contributed by atoms with Crippen molar-refractivity contribution in [1.82, 2.24) is 0 Å². The van der Waals surface area contributed by atoms with E-state index >= 15 is 0 Å². The van der Waals surface area contributed by atoms with Crippen LogP contribution in [0.1, 0.15) is 0 Å². The summed E-state index contributed by atoms with van der Waals surface area (Å²) in [5.74, 6) is 0. The van der Waals surface area contributed by atoms with Crippen LogP contribution in [0.4, 0.5) is 0 Å². The molecule has 0 aromatic carbocycles. The minimum absolute atomic E-state index is 0. The molecule has 0 aromatic heterocycles. The van der Waals surface area contributed by atoms with Gasteiger partial charge in [-0.1, -0.05) is 0 Å². The monoisotopic (exact) mass is 394 g/mol. The number of carbonyl (C=O) groups excluding carboxylic acids is 2. The maximum atomic E-state index is 10.0. The molecule has 0 aliphatic rings. The molecule has 12 nitrogen and oxygen atoms in total. The van der Waals surface area contributed by atoms with E-state index in [1.807, 2.05) is 0 Å². The standard InChI is InChI=1S/2C6H13NO5.ClH/c2*7-3(1-8)5(11)6(12)4(10)2-9;/h2*1,3-6,9-12H,2,7H2;1H/t2*3-,4+,5+,6+;/m00./s1. The molecule has 8 atom stereocenters. The summed E-state index contributed by atoms with van der Waals surface area (Å²) in [6.45, 7) is -1.41. The van der Waals surface area contributed by atoms with Crippen LogP contribution in [0.5, 0.6) is 0 Å². The van der Waals surface area contributed by atoms with E-state index in [1.165, 1.54) is 0 Å². The smallest absolute Gasteiger partial charge is 0.139 e. The molecular formula is C12H27ClN2O10. The number of aldehydes is 2. The predicted molar refractivity (Wildman–Crippen MR) is 85.5 cm³/mol. The molecular weight excluding hydrogens is 368 g/mol. The molecule has 0 aromatic rings. The Morgan fingerprint density at radius 2 is 0.880 bits per heavy atom. The maximum Gasteiger partial charge on any atom is 0.139 e. The zero-order chi connectivity index (χ0) is 19.4. The van der Waals surface area contributed by atoms with E-state index in [1.54, 1.807) is 0 Å². The van der Waals surface area contributed by atoms with Crippen molar-refractivity contribution in [2.24, 2.45) is 11.5 Å². The summed E-state index contributed by atoms with van der Waals surface area (Å²) in [6.07, 6.45) is -8.85. The van der Waals surface area contributed by atoms with E-state index in [9.17, 15) is 9.59 Å². The lowest BCUT2D eigenvalue weighted by molar-refractivity contribution is -0.118. The second-order valence-electron chi connectivity index (χ2n) is 4.89. The lowest BCUT2D eigenvalue weighted by atomic mass is 10.0. The molecule has 0 saturated carbocycles. The number of carbonyl (C=O) groups is 2. The van der Waals surface area contributed by atoms with E-state index in [-0.39, 0.29) is 25.0 Å². The summed E-state index contributed by atoms with van der Waals surface area (Å²) in [7, 11) is 0. The van der Waals surface area contributed by atoms with Crippen LogP contribution in [0.25, 0.3) is 0 Å². The Hall–Kier alpha value is -0.770. The van der Waals surface area contributed by atoms with E-state index in [0.29, 0.717) is 0 Å². The van der Waals surface area contributed by atoms with E-state index < -0.39 is 61.9 Å². The normalized spacial score (nSPS) is 20.2. The SMILES string of the molecule is Cl.N[C@@H](C=O)[C@@H](O)[C@H](O)[C@H](O)CO.N[C@@H](C=O)[C@@H](O)[C@H](O)[C@H](O)CO. The van der Waals surface area contributed by atoms with Crippen molar-refractivity contribution in [3.63, 3.8) is 0 Å². The van der Waals surface area contributed by atoms with Crippen LogP contribution >= 0.6 is 12.4 Å². The van der Waals surface area contributed by atoms with Crippen LogP contribution in [0.3, 0.4) is 0 Å². The summed E-state index contributed by atoms with van der Waals surface area (Å²) < 4.78 is 0. The van der Waals surface area contributed by atoms with Gasteiger partial charge in [0, 0.05) is 0 Å². The van der Waals surface area contributed by atoms with Crippen LogP contribution < -0.4 is 11.5 Å². The van der Waals surface area contributed by atoms with Gasteiger partial charge in [0.25, 0.3) is 0 Å². The number of hydrogen-bond acceptors (Lipinski definition) is 12. The molecule has 0 spiro atoms. The molecule has 0 bridgehead atoms. The van der Waals surface area contributed by atoms with E-state index in [4.69, 9.17) is 52.3 Å². The molecule has 13 heteroatoms. The Morgan fingerprint density at radius 1 is 0.640 bits per heavy atom. The van der Waals surface area contributed by atoms with Gasteiger partial charge in [-0.15, -0.1) is 12.4 Å². The van der Waals surface area contributed by atoms with Gasteiger partial charge < -0.3 is 61.9 Å². The topological polar surface area (TPSA) is 248 Å². The van der Waals surface area contributed by atoms with E-state index in [0.717, 1.165) is 0 Å². The van der Waals surface area contributed by atoms with Gasteiger partial charge in [-0.25, -0.2) is 0 Å². The highest BCUT2D eigenvalue weighted by molar-refractivity contribution is 5.85. The van der Waals surface area contributed by atoms with Crippen molar-refractivity contribution < 1.29 is 50.4 Å². The van der Waals surface area contributed by atoms with Crippen LogP contribution in [-0.4, -0.2) is 115 Å². The van der Waals surface area contributed by atoms with Gasteiger partial charge in [0.05, 0.1) is 25.3 Å². The van der Waals surface area contributed by atoms with Crippen molar-refractivity contribution in [2.75, 3.05) is 13.2 Å². The fraction of sp³-hybridized carbons (Fsp3) is 0.833. The Bertz CT molecular complexity index is 322. The molecule has 0 unspecified atom stereocenters. The third kappa shape index (κ3) is 10.7. The lowest BCUT2D eigenvalue weighted by Crippen LogP contribution is -2.49. The van der Waals surface area contributed by atoms with Crippen molar-refractivity contribution in [1.29, 1.82) is 0 Å². The van der Waals surface area contributed by atoms with Gasteiger partial charge in [-0.2, -0.15) is 0 Å². The number of aliphatic hydroxyl groups is 8. The molecule has 0 rings (SSSR count). The Morgan fingerprint density at radius 3 is 1.04 bits per heavy atom. The van der Waals surface area contributed by atoms with Gasteiger partial charge in [-0.3, -0.25) is 0 Å². The number of halogens is 1. The fourth-order valence-electron chi connectivity index (χ4n) is 1.29. The maximum absolute atomic E-state index is 10.0. The van der Waals surface area contributed by atoms with Gasteiger partial charge in [-0.05, 0) is 0 Å². The summed E-state index contributed by atoms with van der Waals surface area (Å²) in [5.41, 5.74) is 10.1. The molecule has 0 aliphatic carbocycles. The lowest BCUT2D eigenvalue weighted by Gasteiger charge is -2.23. The van der Waals surface area contributed by atoms with Gasteiger partial charge in [0.2, 0.25) is 0 Å². The first-order chi connectivity index (χ1) is 11.1. The zero-order valence-corrected chi connectivity index (χ0v) is 14.0. The Balaban J connectivity index is -0.000000372. The van der Waals surface area contributed by atoms with Crippen LogP contribution in [0, 0.1) is 0 Å². The van der Waals surface area contributed by atoms with Crippen LogP contribution in [-0.2, 0) is 9.59 Å². The number of hydrogen-bond donors (Lipinski definition) is 10. The molecule has 0 aliphatic heterocycles. The summed E-state index contributed by atoms with van der Waals surface area (Å²) in [6, 6.07) is -2.53. The predicted octanol–water partition coefficient (Wildman–Crippen LogP) is -6.40. The van der Waals surface area contributed by atoms with Gasteiger partial charge in [0.1, 0.15) is 49.2 Å². The quantitative estimate of drug-likeness (QED) is 0.155. The van der Waals surface area contributed by atoms with Crippen LogP contribution in [0.15, 0.2) is 0 Å². The number of rotatable bonds is 10. The van der Waals surface area contributed by atoms with Crippen molar-refractivity contribution >= 4 is 25.0 Å². The van der Waals surface area contributed by atoms with Gasteiger partial charge >= 0.3 is 0 Å². The Kier molecular flexibility index (Phi) is 18.0. The highest BCUT2D eigenvalue weighted by Crippen LogP contribution is 2.02. The molecule has 0 heterocycles. The first kappa shape index (κ1) is 29.0. The zero-order valence-electron chi connectivity index (χ0n) is 13.1. The minimum Gasteiger partial charge on any atom is -0.394 e. The number of aliphatic hydroxyl groups excluding tert-OH is 8. The second kappa shape index (κ2) is 15.5. The summed E-state index contributed by atoms with van der Waals surface area (Å²) in [4.78, 5) is 20.0. The van der Waals surface area contributed by atoms with Crippen molar-refractivity contribution in [3.8, 4) is 0 Å². The van der Waals surface area contributed by atoms with Gasteiger partial charge in [0.15, 0.2) is 0 Å². The molecule has 0 radical (unpaired) electrons. The molecule has 0 fully saturated rings. The van der Waals surface area contributed by atoms with E-state index in [2.05, 4.69) is 0 Å². The average molecular weight is 395 g/mol. The van der Waals surface area contributed by atoms with Crippen molar-refractivity contribution in [3.05, 3.63) is 0 Å². The van der Waals surface area contributed by atoms with Crippen LogP contribution in [0.2, 0.25) is 0 Å². The highest BCUT2D eigenvalue weighted by Gasteiger charge is 2.29. The molecule has 0 saturated heterocycles. The summed E-state index contributed by atoms with van der Waals surface area (Å²) in [5, 5.41) is 70.3. The third-order valence-electron chi connectivity index (χ3n) is 2.97. The summed E-state index contributed by atoms with van der Waals surface area (Å²) >= 11 is 0. The molecule has 0 amide bonds. The highest BCUT2D eigenvalue weighted by atomic mass is 35.5. The second-order valence-corrected chi connectivity index (χ2v) is 4.89. The average Bonchev–Trinajstić information content (AvgIpc) is 2.62. The largest absolute Gasteiger partial charge is 0.394 e.